The summed E-state index contributed by atoms with van der Waals surface area (Å²) in [6.45, 7) is 2.25. The van der Waals surface area contributed by atoms with Crippen LogP contribution in [0.5, 0.6) is 5.88 Å². The summed E-state index contributed by atoms with van der Waals surface area (Å²) in [5.74, 6) is 0.457. The zero-order valence-corrected chi connectivity index (χ0v) is 9.96. The first-order valence-electron chi connectivity index (χ1n) is 5.48. The maximum Gasteiger partial charge on any atom is 0.232 e. The molecule has 0 unspecified atom stereocenters. The van der Waals surface area contributed by atoms with Crippen molar-refractivity contribution >= 4 is 0 Å². The summed E-state index contributed by atoms with van der Waals surface area (Å²) >= 11 is 0. The molecule has 6 heteroatoms. The lowest BCUT2D eigenvalue weighted by Gasteiger charge is -2.05. The van der Waals surface area contributed by atoms with Crippen molar-refractivity contribution < 1.29 is 19.3 Å². The standard InChI is InChI=1S/C11H18N2O4/c1-15-5-6-16-3-2-4-17-11-8-12-10(9-14)7-13-11/h7-8,14H,2-6,9H2,1H3. The van der Waals surface area contributed by atoms with Crippen molar-refractivity contribution in [3.8, 4) is 5.88 Å². The fourth-order valence-electron chi connectivity index (χ4n) is 1.08. The van der Waals surface area contributed by atoms with Gasteiger partial charge in [0.15, 0.2) is 0 Å². The van der Waals surface area contributed by atoms with Crippen LogP contribution in [0.15, 0.2) is 12.4 Å². The van der Waals surface area contributed by atoms with Gasteiger partial charge >= 0.3 is 0 Å². The van der Waals surface area contributed by atoms with Crippen molar-refractivity contribution in [3.63, 3.8) is 0 Å². The molecule has 0 saturated heterocycles. The molecule has 0 spiro atoms. The molecule has 17 heavy (non-hydrogen) atoms. The van der Waals surface area contributed by atoms with Crippen LogP contribution in [0.3, 0.4) is 0 Å². The van der Waals surface area contributed by atoms with Crippen LogP contribution in [-0.4, -0.2) is 48.6 Å². The summed E-state index contributed by atoms with van der Waals surface area (Å²) in [6.07, 6.45) is 3.77. The Kier molecular flexibility index (Phi) is 7.20. The summed E-state index contributed by atoms with van der Waals surface area (Å²) in [7, 11) is 1.64. The van der Waals surface area contributed by atoms with Crippen LogP contribution >= 0.6 is 0 Å². The van der Waals surface area contributed by atoms with E-state index in [2.05, 4.69) is 9.97 Å². The molecule has 1 N–H and O–H groups in total. The molecule has 0 fully saturated rings. The van der Waals surface area contributed by atoms with E-state index in [9.17, 15) is 0 Å². The number of hydrogen-bond donors (Lipinski definition) is 1. The Morgan fingerprint density at radius 2 is 2.00 bits per heavy atom. The molecule has 0 radical (unpaired) electrons. The minimum Gasteiger partial charge on any atom is -0.476 e. The van der Waals surface area contributed by atoms with Crippen LogP contribution in [0.1, 0.15) is 12.1 Å². The van der Waals surface area contributed by atoms with Gasteiger partial charge in [0, 0.05) is 20.1 Å². The zero-order chi connectivity index (χ0) is 12.3. The molecule has 0 aliphatic carbocycles. The van der Waals surface area contributed by atoms with Gasteiger partial charge in [-0.25, -0.2) is 4.98 Å². The lowest BCUT2D eigenvalue weighted by atomic mass is 10.5. The maximum absolute atomic E-state index is 8.78. The molecule has 96 valence electrons. The van der Waals surface area contributed by atoms with Crippen LogP contribution in [0, 0.1) is 0 Å². The second-order valence-corrected chi connectivity index (χ2v) is 3.31. The van der Waals surface area contributed by atoms with Gasteiger partial charge in [0.1, 0.15) is 0 Å². The van der Waals surface area contributed by atoms with E-state index in [0.717, 1.165) is 6.42 Å². The van der Waals surface area contributed by atoms with E-state index < -0.39 is 0 Å². The highest BCUT2D eigenvalue weighted by atomic mass is 16.5. The van der Waals surface area contributed by atoms with E-state index in [1.165, 1.54) is 12.4 Å². The fourth-order valence-corrected chi connectivity index (χ4v) is 1.08. The minimum absolute atomic E-state index is 0.110. The predicted molar refractivity (Wildman–Crippen MR) is 60.8 cm³/mol. The first kappa shape index (κ1) is 13.8. The van der Waals surface area contributed by atoms with E-state index in [1.54, 1.807) is 7.11 Å². The van der Waals surface area contributed by atoms with Crippen LogP contribution in [-0.2, 0) is 16.1 Å². The topological polar surface area (TPSA) is 73.7 Å². The van der Waals surface area contributed by atoms with Gasteiger partial charge in [-0.1, -0.05) is 0 Å². The van der Waals surface area contributed by atoms with Crippen molar-refractivity contribution in [2.24, 2.45) is 0 Å². The number of ether oxygens (including phenoxy) is 3. The Hall–Kier alpha value is -1.24. The largest absolute Gasteiger partial charge is 0.476 e. The highest BCUT2D eigenvalue weighted by Gasteiger charge is 1.97. The third-order valence-corrected chi connectivity index (χ3v) is 1.96. The van der Waals surface area contributed by atoms with Crippen LogP contribution in [0.2, 0.25) is 0 Å². The molecule has 0 saturated carbocycles. The molecule has 1 aromatic heterocycles. The number of hydrogen-bond acceptors (Lipinski definition) is 6. The van der Waals surface area contributed by atoms with E-state index in [4.69, 9.17) is 19.3 Å². The third-order valence-electron chi connectivity index (χ3n) is 1.96. The highest BCUT2D eigenvalue weighted by molar-refractivity contribution is 5.06. The first-order valence-corrected chi connectivity index (χ1v) is 5.48. The molecule has 0 amide bonds. The van der Waals surface area contributed by atoms with Gasteiger partial charge in [-0.05, 0) is 0 Å². The van der Waals surface area contributed by atoms with Crippen molar-refractivity contribution in [1.82, 2.24) is 9.97 Å². The monoisotopic (exact) mass is 242 g/mol. The highest BCUT2D eigenvalue weighted by Crippen LogP contribution is 2.04. The quantitative estimate of drug-likeness (QED) is 0.632. The number of aliphatic hydroxyl groups excluding tert-OH is 1. The first-order chi connectivity index (χ1) is 8.36. The molecule has 0 bridgehead atoms. The molecular formula is C11H18N2O4. The normalized spacial score (nSPS) is 10.5. The molecule has 0 atom stereocenters. The second-order valence-electron chi connectivity index (χ2n) is 3.31. The molecule has 1 aromatic rings. The van der Waals surface area contributed by atoms with Gasteiger partial charge in [-0.2, -0.15) is 0 Å². The number of nitrogens with zero attached hydrogens (tertiary/aromatic N) is 2. The van der Waals surface area contributed by atoms with Crippen molar-refractivity contribution in [2.45, 2.75) is 13.0 Å². The fraction of sp³-hybridized carbons (Fsp3) is 0.636. The minimum atomic E-state index is -0.110. The number of aliphatic hydroxyl groups is 1. The maximum atomic E-state index is 8.78. The summed E-state index contributed by atoms with van der Waals surface area (Å²) in [5, 5.41) is 8.78. The lowest BCUT2D eigenvalue weighted by Crippen LogP contribution is -2.07. The van der Waals surface area contributed by atoms with Crippen LogP contribution < -0.4 is 4.74 Å². The summed E-state index contributed by atoms with van der Waals surface area (Å²) in [5.41, 5.74) is 0.528. The molecule has 0 aliphatic heterocycles. The van der Waals surface area contributed by atoms with Crippen molar-refractivity contribution in [2.75, 3.05) is 33.5 Å². The number of methoxy groups -OCH3 is 1. The van der Waals surface area contributed by atoms with Gasteiger partial charge in [0.05, 0.1) is 44.5 Å². The van der Waals surface area contributed by atoms with Crippen molar-refractivity contribution in [3.05, 3.63) is 18.1 Å². The van der Waals surface area contributed by atoms with Gasteiger partial charge in [0.25, 0.3) is 0 Å². The van der Waals surface area contributed by atoms with E-state index in [1.807, 2.05) is 0 Å². The van der Waals surface area contributed by atoms with Gasteiger partial charge < -0.3 is 19.3 Å². The summed E-state index contributed by atoms with van der Waals surface area (Å²) < 4.78 is 15.5. The smallest absolute Gasteiger partial charge is 0.232 e. The average molecular weight is 242 g/mol. The molecule has 0 aromatic carbocycles. The Morgan fingerprint density at radius 3 is 2.65 bits per heavy atom. The van der Waals surface area contributed by atoms with Gasteiger partial charge in [-0.3, -0.25) is 4.98 Å². The summed E-state index contributed by atoms with van der Waals surface area (Å²) in [6, 6.07) is 0. The van der Waals surface area contributed by atoms with Crippen LogP contribution in [0.4, 0.5) is 0 Å². The third kappa shape index (κ3) is 6.15. The Morgan fingerprint density at radius 1 is 1.12 bits per heavy atom. The van der Waals surface area contributed by atoms with Crippen molar-refractivity contribution in [1.29, 1.82) is 0 Å². The van der Waals surface area contributed by atoms with E-state index >= 15 is 0 Å². The van der Waals surface area contributed by atoms with Crippen LogP contribution in [0.25, 0.3) is 0 Å². The molecule has 1 rings (SSSR count). The van der Waals surface area contributed by atoms with E-state index in [0.29, 0.717) is 38.0 Å². The Bertz CT molecular complexity index is 292. The number of aromatic nitrogens is 2. The predicted octanol–water partition coefficient (Wildman–Crippen LogP) is 0.401. The molecule has 1 heterocycles. The SMILES string of the molecule is COCCOCCCOc1cnc(CO)cn1. The Balaban J connectivity index is 2.05. The Labute approximate surface area is 101 Å². The molecule has 0 aliphatic rings. The van der Waals surface area contributed by atoms with Gasteiger partial charge in [-0.15, -0.1) is 0 Å². The average Bonchev–Trinajstić information content (AvgIpc) is 2.38. The second kappa shape index (κ2) is 8.86. The zero-order valence-electron chi connectivity index (χ0n) is 9.96. The lowest BCUT2D eigenvalue weighted by molar-refractivity contribution is 0.0641. The van der Waals surface area contributed by atoms with Gasteiger partial charge in [0.2, 0.25) is 5.88 Å². The van der Waals surface area contributed by atoms with E-state index in [-0.39, 0.29) is 6.61 Å². The molecular weight excluding hydrogens is 224 g/mol. The summed E-state index contributed by atoms with van der Waals surface area (Å²) in [4.78, 5) is 7.94. The number of rotatable bonds is 9. The molecule has 6 nitrogen and oxygen atoms in total.